The molecule has 2 rings (SSSR count). The molecule has 5 nitrogen and oxygen atoms in total. The molecule has 0 atom stereocenters. The van der Waals surface area contributed by atoms with Crippen LogP contribution in [0.2, 0.25) is 0 Å². The van der Waals surface area contributed by atoms with Crippen molar-refractivity contribution in [2.45, 2.75) is 0 Å². The highest BCUT2D eigenvalue weighted by molar-refractivity contribution is 5.39. The van der Waals surface area contributed by atoms with E-state index in [2.05, 4.69) is 7.05 Å². The molecular weight excluding hydrogens is 258 g/mol. The topological polar surface area (TPSA) is 41.4 Å². The molecule has 0 bridgehead atoms. The van der Waals surface area contributed by atoms with Gasteiger partial charge in [-0.3, -0.25) is 0 Å². The van der Waals surface area contributed by atoms with E-state index in [-0.39, 0.29) is 0 Å². The van der Waals surface area contributed by atoms with Crippen molar-refractivity contribution in [2.75, 3.05) is 59.8 Å². The molecule has 1 heterocycles. The highest BCUT2D eigenvalue weighted by Gasteiger charge is 2.06. The number of fused-ring (bicyclic) bond motifs is 1. The summed E-state index contributed by atoms with van der Waals surface area (Å²) in [4.78, 5) is 1.41. The lowest BCUT2D eigenvalue weighted by atomic mass is 10.3. The van der Waals surface area contributed by atoms with E-state index < -0.39 is 0 Å². The summed E-state index contributed by atoms with van der Waals surface area (Å²) < 4.78 is 22.5. The minimum absolute atomic E-state index is 0.538. The fourth-order valence-electron chi connectivity index (χ4n) is 1.93. The highest BCUT2D eigenvalue weighted by atomic mass is 16.6. The molecule has 1 aliphatic heterocycles. The van der Waals surface area contributed by atoms with Crippen LogP contribution in [0.5, 0.6) is 11.5 Å². The summed E-state index contributed by atoms with van der Waals surface area (Å²) in [7, 11) is 2.15. The van der Waals surface area contributed by atoms with Gasteiger partial charge >= 0.3 is 0 Å². The Morgan fingerprint density at radius 3 is 1.75 bits per heavy atom. The lowest BCUT2D eigenvalue weighted by Crippen LogP contribution is -3.10. The second-order valence-corrected chi connectivity index (χ2v) is 4.83. The predicted molar refractivity (Wildman–Crippen MR) is 75.7 cm³/mol. The first-order valence-corrected chi connectivity index (χ1v) is 7.17. The van der Waals surface area contributed by atoms with Crippen LogP contribution in [0.15, 0.2) is 24.3 Å². The van der Waals surface area contributed by atoms with Crippen molar-refractivity contribution in [3.63, 3.8) is 0 Å². The second kappa shape index (κ2) is 8.79. The zero-order valence-electron chi connectivity index (χ0n) is 12.1. The van der Waals surface area contributed by atoms with Gasteiger partial charge in [-0.1, -0.05) is 12.1 Å². The summed E-state index contributed by atoms with van der Waals surface area (Å²) in [5.74, 6) is 1.52. The molecular formula is C15H24NO4+. The van der Waals surface area contributed by atoms with E-state index in [1.165, 1.54) is 4.90 Å². The Hall–Kier alpha value is -1.30. The SMILES string of the molecule is C[NH+]1CCOCCOc2ccccc2OCCOCC1. The van der Waals surface area contributed by atoms with Gasteiger partial charge in [0.15, 0.2) is 11.5 Å². The van der Waals surface area contributed by atoms with Crippen LogP contribution in [0.4, 0.5) is 0 Å². The van der Waals surface area contributed by atoms with E-state index in [1.807, 2.05) is 24.3 Å². The van der Waals surface area contributed by atoms with Crippen LogP contribution in [0.3, 0.4) is 0 Å². The highest BCUT2D eigenvalue weighted by Crippen LogP contribution is 2.26. The Morgan fingerprint density at radius 1 is 0.750 bits per heavy atom. The first-order valence-electron chi connectivity index (χ1n) is 7.17. The van der Waals surface area contributed by atoms with Crippen LogP contribution in [-0.4, -0.2) is 59.8 Å². The fraction of sp³-hybridized carbons (Fsp3) is 0.600. The molecule has 0 unspecified atom stereocenters. The standard InChI is InChI=1S/C15H23NO4/c1-16-6-8-17-10-12-19-14-4-2-3-5-15(14)20-13-11-18-9-7-16/h2-5H,6-13H2,1H3/p+1. The van der Waals surface area contributed by atoms with Crippen LogP contribution < -0.4 is 14.4 Å². The normalized spacial score (nSPS) is 19.9. The summed E-state index contributed by atoms with van der Waals surface area (Å²) in [5.41, 5.74) is 0. The lowest BCUT2D eigenvalue weighted by molar-refractivity contribution is -0.880. The van der Waals surface area contributed by atoms with Crippen LogP contribution in [-0.2, 0) is 9.47 Å². The quantitative estimate of drug-likeness (QED) is 0.727. The number of para-hydroxylation sites is 2. The van der Waals surface area contributed by atoms with Crippen molar-refractivity contribution < 1.29 is 23.8 Å². The van der Waals surface area contributed by atoms with Crippen LogP contribution >= 0.6 is 0 Å². The summed E-state index contributed by atoms with van der Waals surface area (Å²) in [6.07, 6.45) is 0. The first kappa shape index (κ1) is 15.1. The van der Waals surface area contributed by atoms with Gasteiger partial charge in [-0.2, -0.15) is 0 Å². The summed E-state index contributed by atoms with van der Waals surface area (Å²) in [6.45, 7) is 5.72. The van der Waals surface area contributed by atoms with Crippen LogP contribution in [0.1, 0.15) is 0 Å². The summed E-state index contributed by atoms with van der Waals surface area (Å²) in [5, 5.41) is 0. The van der Waals surface area contributed by atoms with Gasteiger partial charge in [0.2, 0.25) is 0 Å². The number of rotatable bonds is 0. The van der Waals surface area contributed by atoms with Gasteiger partial charge in [-0.05, 0) is 12.1 Å². The van der Waals surface area contributed by atoms with Crippen molar-refractivity contribution in [3.8, 4) is 11.5 Å². The van der Waals surface area contributed by atoms with E-state index in [0.29, 0.717) is 26.4 Å². The molecule has 112 valence electrons. The molecule has 0 aromatic heterocycles. The molecule has 0 saturated heterocycles. The molecule has 0 aliphatic carbocycles. The molecule has 5 heteroatoms. The maximum absolute atomic E-state index is 5.69. The maximum atomic E-state index is 5.69. The molecule has 0 saturated carbocycles. The smallest absolute Gasteiger partial charge is 0.161 e. The minimum Gasteiger partial charge on any atom is -0.487 e. The van der Waals surface area contributed by atoms with Gasteiger partial charge in [0.25, 0.3) is 0 Å². The Kier molecular flexibility index (Phi) is 6.63. The number of hydrogen-bond donors (Lipinski definition) is 1. The lowest BCUT2D eigenvalue weighted by Gasteiger charge is -2.13. The second-order valence-electron chi connectivity index (χ2n) is 4.83. The molecule has 0 radical (unpaired) electrons. The largest absolute Gasteiger partial charge is 0.487 e. The van der Waals surface area contributed by atoms with Crippen molar-refractivity contribution >= 4 is 0 Å². The van der Waals surface area contributed by atoms with Gasteiger partial charge in [-0.25, -0.2) is 0 Å². The molecule has 1 aromatic carbocycles. The Bertz CT molecular complexity index is 351. The number of hydrogen-bond acceptors (Lipinski definition) is 4. The van der Waals surface area contributed by atoms with Crippen molar-refractivity contribution in [1.82, 2.24) is 0 Å². The van der Waals surface area contributed by atoms with Gasteiger partial charge in [0, 0.05) is 0 Å². The molecule has 0 fully saturated rings. The minimum atomic E-state index is 0.538. The Labute approximate surface area is 120 Å². The number of ether oxygens (including phenoxy) is 4. The van der Waals surface area contributed by atoms with E-state index in [0.717, 1.165) is 37.8 Å². The zero-order chi connectivity index (χ0) is 14.0. The van der Waals surface area contributed by atoms with E-state index in [1.54, 1.807) is 0 Å². The molecule has 20 heavy (non-hydrogen) atoms. The van der Waals surface area contributed by atoms with Crippen molar-refractivity contribution in [1.29, 1.82) is 0 Å². The van der Waals surface area contributed by atoms with Gasteiger partial charge in [-0.15, -0.1) is 0 Å². The fourth-order valence-corrected chi connectivity index (χ4v) is 1.93. The van der Waals surface area contributed by atoms with Crippen LogP contribution in [0, 0.1) is 0 Å². The molecule has 0 amide bonds. The third-order valence-corrected chi connectivity index (χ3v) is 3.17. The molecule has 1 N–H and O–H groups in total. The average Bonchev–Trinajstić information content (AvgIpc) is 2.47. The van der Waals surface area contributed by atoms with E-state index >= 15 is 0 Å². The molecule has 0 spiro atoms. The molecule has 1 aromatic rings. The first-order chi connectivity index (χ1) is 9.86. The third kappa shape index (κ3) is 5.36. The maximum Gasteiger partial charge on any atom is 0.161 e. The zero-order valence-corrected chi connectivity index (χ0v) is 12.1. The van der Waals surface area contributed by atoms with Crippen LogP contribution in [0.25, 0.3) is 0 Å². The number of likely N-dealkylation sites (N-methyl/N-ethyl adjacent to an activating group) is 1. The van der Waals surface area contributed by atoms with Crippen molar-refractivity contribution in [3.05, 3.63) is 24.3 Å². The number of quaternary nitrogens is 1. The Morgan fingerprint density at radius 2 is 1.25 bits per heavy atom. The van der Waals surface area contributed by atoms with Crippen molar-refractivity contribution in [2.24, 2.45) is 0 Å². The summed E-state index contributed by atoms with van der Waals surface area (Å²) in [6, 6.07) is 7.69. The van der Waals surface area contributed by atoms with Gasteiger partial charge in [0.1, 0.15) is 26.3 Å². The number of nitrogens with one attached hydrogen (secondary N) is 1. The molecule has 1 aliphatic rings. The Balaban J connectivity index is 1.88. The average molecular weight is 282 g/mol. The predicted octanol–water partition coefficient (Wildman–Crippen LogP) is 0.00570. The van der Waals surface area contributed by atoms with E-state index in [4.69, 9.17) is 18.9 Å². The van der Waals surface area contributed by atoms with E-state index in [9.17, 15) is 0 Å². The number of benzene rings is 1. The van der Waals surface area contributed by atoms with Gasteiger partial charge in [0.05, 0.1) is 33.5 Å². The van der Waals surface area contributed by atoms with Gasteiger partial charge < -0.3 is 23.8 Å². The monoisotopic (exact) mass is 282 g/mol. The summed E-state index contributed by atoms with van der Waals surface area (Å²) >= 11 is 0. The third-order valence-electron chi connectivity index (χ3n) is 3.17.